The van der Waals surface area contributed by atoms with Crippen molar-refractivity contribution >= 4 is 5.69 Å². The third-order valence-electron chi connectivity index (χ3n) is 3.67. The van der Waals surface area contributed by atoms with Gasteiger partial charge in [0.1, 0.15) is 0 Å². The van der Waals surface area contributed by atoms with Crippen molar-refractivity contribution < 1.29 is 22.8 Å². The number of nitrogens with zero attached hydrogens (tertiary/aromatic N) is 1. The number of halogens is 3. The molecule has 1 N–H and O–H groups in total. The van der Waals surface area contributed by atoms with Crippen LogP contribution in [0.3, 0.4) is 0 Å². The molecule has 1 fully saturated rings. The molecule has 0 saturated carbocycles. The molecule has 1 aromatic rings. The van der Waals surface area contributed by atoms with Gasteiger partial charge in [-0.1, -0.05) is 0 Å². The fourth-order valence-corrected chi connectivity index (χ4v) is 2.46. The number of nitro groups is 1. The van der Waals surface area contributed by atoms with Crippen LogP contribution in [0.2, 0.25) is 0 Å². The fourth-order valence-electron chi connectivity index (χ4n) is 2.46. The number of nitro benzene ring substituents is 1. The summed E-state index contributed by atoms with van der Waals surface area (Å²) in [7, 11) is 0. The van der Waals surface area contributed by atoms with Gasteiger partial charge in [-0.05, 0) is 50.4 Å². The minimum atomic E-state index is -4.61. The van der Waals surface area contributed by atoms with Crippen molar-refractivity contribution in [2.24, 2.45) is 5.92 Å². The Morgan fingerprint density at radius 2 is 2.18 bits per heavy atom. The van der Waals surface area contributed by atoms with Crippen LogP contribution in [0.1, 0.15) is 24.8 Å². The molecule has 8 heteroatoms. The van der Waals surface area contributed by atoms with Crippen molar-refractivity contribution in [2.45, 2.75) is 25.4 Å². The first kappa shape index (κ1) is 16.5. The molecule has 2 rings (SSSR count). The van der Waals surface area contributed by atoms with E-state index < -0.39 is 22.4 Å². The highest BCUT2D eigenvalue weighted by atomic mass is 19.4. The molecule has 1 aliphatic rings. The highest BCUT2D eigenvalue weighted by Gasteiger charge is 2.33. The van der Waals surface area contributed by atoms with E-state index in [2.05, 4.69) is 5.32 Å². The van der Waals surface area contributed by atoms with E-state index in [9.17, 15) is 23.3 Å². The Labute approximate surface area is 125 Å². The van der Waals surface area contributed by atoms with Crippen LogP contribution in [0.4, 0.5) is 18.9 Å². The summed E-state index contributed by atoms with van der Waals surface area (Å²) in [5.41, 5.74) is -1.71. The summed E-state index contributed by atoms with van der Waals surface area (Å²) >= 11 is 0. The summed E-state index contributed by atoms with van der Waals surface area (Å²) in [6.45, 7) is 2.11. The molecular formula is C14H17F3N2O3. The molecule has 1 aliphatic heterocycles. The Morgan fingerprint density at radius 1 is 1.41 bits per heavy atom. The first-order valence-electron chi connectivity index (χ1n) is 7.07. The van der Waals surface area contributed by atoms with Crippen molar-refractivity contribution in [1.82, 2.24) is 5.32 Å². The second kappa shape index (κ2) is 6.95. The van der Waals surface area contributed by atoms with E-state index >= 15 is 0 Å². The molecule has 1 atom stereocenters. The number of piperidine rings is 1. The highest BCUT2D eigenvalue weighted by molar-refractivity contribution is 5.49. The van der Waals surface area contributed by atoms with Gasteiger partial charge in [0.05, 0.1) is 17.1 Å². The smallest absolute Gasteiger partial charge is 0.416 e. The number of nitrogens with one attached hydrogen (secondary N) is 1. The van der Waals surface area contributed by atoms with Crippen molar-refractivity contribution in [3.8, 4) is 5.75 Å². The second-order valence-corrected chi connectivity index (χ2v) is 5.29. The Balaban J connectivity index is 2.01. The molecule has 1 saturated heterocycles. The molecule has 0 aromatic heterocycles. The molecule has 0 amide bonds. The van der Waals surface area contributed by atoms with Gasteiger partial charge in [0.25, 0.3) is 0 Å². The Kier molecular flexibility index (Phi) is 5.23. The summed E-state index contributed by atoms with van der Waals surface area (Å²) < 4.78 is 43.1. The SMILES string of the molecule is O=[N+]([O-])c1cc(C(F)(F)F)ccc1OCCC1CCCNC1. The molecule has 122 valence electrons. The highest BCUT2D eigenvalue weighted by Crippen LogP contribution is 2.36. The van der Waals surface area contributed by atoms with E-state index in [0.717, 1.165) is 38.1 Å². The maximum Gasteiger partial charge on any atom is 0.416 e. The Hall–Kier alpha value is -1.83. The van der Waals surface area contributed by atoms with Crippen molar-refractivity contribution in [1.29, 1.82) is 0 Å². The van der Waals surface area contributed by atoms with Gasteiger partial charge in [0, 0.05) is 6.07 Å². The molecule has 1 unspecified atom stereocenters. The maximum absolute atomic E-state index is 12.6. The average Bonchev–Trinajstić information content (AvgIpc) is 2.47. The predicted molar refractivity (Wildman–Crippen MR) is 73.8 cm³/mol. The number of hydrogen-bond acceptors (Lipinski definition) is 4. The molecule has 0 aliphatic carbocycles. The third kappa shape index (κ3) is 4.33. The number of hydrogen-bond donors (Lipinski definition) is 1. The minimum absolute atomic E-state index is 0.123. The van der Waals surface area contributed by atoms with Crippen molar-refractivity contribution in [2.75, 3.05) is 19.7 Å². The standard InChI is InChI=1S/C14H17F3N2O3/c15-14(16,17)11-3-4-13(12(8-11)19(20)21)22-7-5-10-2-1-6-18-9-10/h3-4,8,10,18H,1-2,5-7,9H2. The Morgan fingerprint density at radius 3 is 2.77 bits per heavy atom. The van der Waals surface area contributed by atoms with Crippen LogP contribution in [0, 0.1) is 16.0 Å². The van der Waals surface area contributed by atoms with Gasteiger partial charge in [-0.2, -0.15) is 13.2 Å². The van der Waals surface area contributed by atoms with E-state index in [1.54, 1.807) is 0 Å². The molecule has 5 nitrogen and oxygen atoms in total. The van der Waals surface area contributed by atoms with Gasteiger partial charge in [-0.25, -0.2) is 0 Å². The van der Waals surface area contributed by atoms with Crippen LogP contribution in [-0.4, -0.2) is 24.6 Å². The first-order chi connectivity index (χ1) is 10.4. The van der Waals surface area contributed by atoms with E-state index in [-0.39, 0.29) is 12.4 Å². The molecular weight excluding hydrogens is 301 g/mol. The predicted octanol–water partition coefficient (Wildman–Crippen LogP) is 3.38. The van der Waals surface area contributed by atoms with Gasteiger partial charge in [0.2, 0.25) is 0 Å². The summed E-state index contributed by atoms with van der Waals surface area (Å²) in [5.74, 6) is 0.309. The lowest BCUT2D eigenvalue weighted by atomic mass is 9.97. The molecule has 22 heavy (non-hydrogen) atoms. The topological polar surface area (TPSA) is 64.4 Å². The van der Waals surface area contributed by atoms with Crippen LogP contribution in [-0.2, 0) is 6.18 Å². The second-order valence-electron chi connectivity index (χ2n) is 5.29. The number of rotatable bonds is 5. The lowest BCUT2D eigenvalue weighted by Gasteiger charge is -2.22. The van der Waals surface area contributed by atoms with Crippen LogP contribution >= 0.6 is 0 Å². The zero-order valence-electron chi connectivity index (χ0n) is 11.9. The molecule has 0 spiro atoms. The summed E-state index contributed by atoms with van der Waals surface area (Å²) in [6.07, 6.45) is -1.77. The molecule has 0 radical (unpaired) electrons. The van der Waals surface area contributed by atoms with Crippen LogP contribution in [0.15, 0.2) is 18.2 Å². The summed E-state index contributed by atoms with van der Waals surface area (Å²) in [6, 6.07) is 2.32. The number of ether oxygens (including phenoxy) is 1. The normalized spacial score (nSPS) is 19.0. The summed E-state index contributed by atoms with van der Waals surface area (Å²) in [5, 5.41) is 14.2. The Bertz CT molecular complexity index is 529. The van der Waals surface area contributed by atoms with Crippen LogP contribution in [0.5, 0.6) is 5.75 Å². The zero-order chi connectivity index (χ0) is 16.2. The van der Waals surface area contributed by atoms with Gasteiger partial charge in [-0.15, -0.1) is 0 Å². The monoisotopic (exact) mass is 318 g/mol. The van der Waals surface area contributed by atoms with Crippen LogP contribution < -0.4 is 10.1 Å². The number of alkyl halides is 3. The number of benzene rings is 1. The zero-order valence-corrected chi connectivity index (χ0v) is 11.9. The average molecular weight is 318 g/mol. The van der Waals surface area contributed by atoms with Gasteiger partial charge < -0.3 is 10.1 Å². The third-order valence-corrected chi connectivity index (χ3v) is 3.67. The van der Waals surface area contributed by atoms with Crippen molar-refractivity contribution in [3.05, 3.63) is 33.9 Å². The van der Waals surface area contributed by atoms with E-state index in [1.807, 2.05) is 0 Å². The fraction of sp³-hybridized carbons (Fsp3) is 0.571. The largest absolute Gasteiger partial charge is 0.487 e. The van der Waals surface area contributed by atoms with Gasteiger partial charge in [0.15, 0.2) is 5.75 Å². The maximum atomic E-state index is 12.6. The minimum Gasteiger partial charge on any atom is -0.487 e. The van der Waals surface area contributed by atoms with Gasteiger partial charge >= 0.3 is 11.9 Å². The van der Waals surface area contributed by atoms with E-state index in [0.29, 0.717) is 18.4 Å². The first-order valence-corrected chi connectivity index (χ1v) is 7.07. The molecule has 1 heterocycles. The lowest BCUT2D eigenvalue weighted by molar-refractivity contribution is -0.386. The van der Waals surface area contributed by atoms with Gasteiger partial charge in [-0.3, -0.25) is 10.1 Å². The lowest BCUT2D eigenvalue weighted by Crippen LogP contribution is -2.30. The van der Waals surface area contributed by atoms with E-state index in [1.165, 1.54) is 0 Å². The molecule has 1 aromatic carbocycles. The summed E-state index contributed by atoms with van der Waals surface area (Å²) in [4.78, 5) is 10.1. The van der Waals surface area contributed by atoms with Crippen LogP contribution in [0.25, 0.3) is 0 Å². The quantitative estimate of drug-likeness (QED) is 0.668. The van der Waals surface area contributed by atoms with Crippen molar-refractivity contribution in [3.63, 3.8) is 0 Å². The molecule has 0 bridgehead atoms. The van der Waals surface area contributed by atoms with E-state index in [4.69, 9.17) is 4.74 Å².